The molecule has 3 rings (SSSR count). The number of amides is 2. The van der Waals surface area contributed by atoms with E-state index in [0.29, 0.717) is 6.42 Å². The van der Waals surface area contributed by atoms with E-state index in [-0.39, 0.29) is 18.4 Å². The number of aryl methyl sites for hydroxylation is 2. The second kappa shape index (κ2) is 6.96. The van der Waals surface area contributed by atoms with E-state index in [0.717, 1.165) is 36.2 Å². The lowest BCUT2D eigenvalue weighted by atomic mass is 10.1. The fraction of sp³-hybridized carbons (Fsp3) is 0.333. The largest absolute Gasteiger partial charge is 0.324 e. The van der Waals surface area contributed by atoms with E-state index in [1.165, 1.54) is 4.88 Å². The third-order valence-electron chi connectivity index (χ3n) is 4.08. The van der Waals surface area contributed by atoms with Gasteiger partial charge in [0.25, 0.3) is 0 Å². The molecule has 2 aromatic rings. The topological polar surface area (TPSA) is 49.4 Å². The van der Waals surface area contributed by atoms with Gasteiger partial charge >= 0.3 is 0 Å². The van der Waals surface area contributed by atoms with Gasteiger partial charge in [0.05, 0.1) is 5.69 Å². The van der Waals surface area contributed by atoms with Crippen molar-refractivity contribution in [3.8, 4) is 0 Å². The van der Waals surface area contributed by atoms with E-state index < -0.39 is 0 Å². The second-order valence-corrected chi connectivity index (χ2v) is 6.62. The van der Waals surface area contributed by atoms with Crippen LogP contribution in [0.15, 0.2) is 35.7 Å². The first-order valence-corrected chi connectivity index (χ1v) is 8.81. The molecule has 1 aliphatic rings. The monoisotopic (exact) mass is 328 g/mol. The van der Waals surface area contributed by atoms with E-state index in [9.17, 15) is 9.59 Å². The molecule has 0 spiro atoms. The molecule has 4 nitrogen and oxygen atoms in total. The Kier molecular flexibility index (Phi) is 4.76. The lowest BCUT2D eigenvalue weighted by Gasteiger charge is -2.21. The molecule has 0 aliphatic carbocycles. The quantitative estimate of drug-likeness (QED) is 0.932. The number of anilines is 2. The number of nitrogens with one attached hydrogen (secondary N) is 1. The van der Waals surface area contributed by atoms with Crippen molar-refractivity contribution in [1.29, 1.82) is 0 Å². The van der Waals surface area contributed by atoms with Crippen LogP contribution in [0.5, 0.6) is 0 Å². The Morgan fingerprint density at radius 3 is 2.91 bits per heavy atom. The summed E-state index contributed by atoms with van der Waals surface area (Å²) < 4.78 is 0. The molecule has 2 amide bonds. The van der Waals surface area contributed by atoms with Crippen molar-refractivity contribution in [3.63, 3.8) is 0 Å². The van der Waals surface area contributed by atoms with Gasteiger partial charge in [0.1, 0.15) is 6.54 Å². The Balaban J connectivity index is 1.76. The molecule has 0 unspecified atom stereocenters. The number of benzene rings is 1. The number of para-hydroxylation sites is 1. The minimum Gasteiger partial charge on any atom is -0.324 e. The zero-order chi connectivity index (χ0) is 16.2. The van der Waals surface area contributed by atoms with Gasteiger partial charge in [-0.3, -0.25) is 9.59 Å². The van der Waals surface area contributed by atoms with Crippen LogP contribution in [0.3, 0.4) is 0 Å². The molecule has 0 radical (unpaired) electrons. The van der Waals surface area contributed by atoms with Crippen molar-refractivity contribution in [3.05, 3.63) is 46.2 Å². The Morgan fingerprint density at radius 1 is 1.26 bits per heavy atom. The summed E-state index contributed by atoms with van der Waals surface area (Å²) >= 11 is 1.66. The van der Waals surface area contributed by atoms with E-state index in [4.69, 9.17) is 0 Å². The van der Waals surface area contributed by atoms with Gasteiger partial charge in [-0.2, -0.15) is 0 Å². The predicted octanol–water partition coefficient (Wildman–Crippen LogP) is 3.62. The molecule has 1 N–H and O–H groups in total. The van der Waals surface area contributed by atoms with E-state index in [1.807, 2.05) is 35.7 Å². The fourth-order valence-corrected chi connectivity index (χ4v) is 3.81. The minimum absolute atomic E-state index is 0.0288. The van der Waals surface area contributed by atoms with E-state index >= 15 is 0 Å². The molecule has 1 aromatic heterocycles. The average Bonchev–Trinajstić information content (AvgIpc) is 2.96. The highest BCUT2D eigenvalue weighted by atomic mass is 32.1. The lowest BCUT2D eigenvalue weighted by Crippen LogP contribution is -2.37. The van der Waals surface area contributed by atoms with Gasteiger partial charge in [0.15, 0.2) is 0 Å². The van der Waals surface area contributed by atoms with E-state index in [1.54, 1.807) is 16.2 Å². The Morgan fingerprint density at radius 2 is 2.09 bits per heavy atom. The minimum atomic E-state index is -0.154. The van der Waals surface area contributed by atoms with Crippen LogP contribution in [0, 0.1) is 0 Å². The van der Waals surface area contributed by atoms with Crippen molar-refractivity contribution in [2.75, 3.05) is 16.8 Å². The molecule has 0 saturated heterocycles. The molecule has 1 aliphatic heterocycles. The van der Waals surface area contributed by atoms with Crippen LogP contribution in [-0.2, 0) is 22.4 Å². The third-order valence-corrected chi connectivity index (χ3v) is 5.05. The second-order valence-electron chi connectivity index (χ2n) is 5.62. The molecule has 0 fully saturated rings. The van der Waals surface area contributed by atoms with E-state index in [2.05, 4.69) is 12.2 Å². The first-order chi connectivity index (χ1) is 11.2. The summed E-state index contributed by atoms with van der Waals surface area (Å²) in [5, 5.41) is 4.93. The van der Waals surface area contributed by atoms with Crippen molar-refractivity contribution in [2.45, 2.75) is 32.6 Å². The summed E-state index contributed by atoms with van der Waals surface area (Å²) in [6, 6.07) is 9.71. The van der Waals surface area contributed by atoms with Gasteiger partial charge in [0.2, 0.25) is 11.8 Å². The van der Waals surface area contributed by atoms with Crippen LogP contribution in [0.1, 0.15) is 30.2 Å². The summed E-state index contributed by atoms with van der Waals surface area (Å²) in [4.78, 5) is 27.6. The predicted molar refractivity (Wildman–Crippen MR) is 94.1 cm³/mol. The maximum Gasteiger partial charge on any atom is 0.244 e. The SMILES string of the molecule is CCc1ccccc1NC(=O)CN1C(=O)CCCc2sccc21. The van der Waals surface area contributed by atoms with Crippen LogP contribution in [0.25, 0.3) is 0 Å². The Hall–Kier alpha value is -2.14. The summed E-state index contributed by atoms with van der Waals surface area (Å²) in [6.45, 7) is 2.13. The van der Waals surface area contributed by atoms with Crippen molar-refractivity contribution < 1.29 is 9.59 Å². The standard InChI is InChI=1S/C18H20N2O2S/c1-2-13-6-3-4-7-14(13)19-17(21)12-20-15-10-11-23-16(15)8-5-9-18(20)22/h3-4,6-7,10-11H,2,5,8-9,12H2,1H3,(H,19,21). The maximum absolute atomic E-state index is 12.4. The summed E-state index contributed by atoms with van der Waals surface area (Å²) in [5.74, 6) is -0.126. The molecular weight excluding hydrogens is 308 g/mol. The normalized spacial score (nSPS) is 14.3. The highest BCUT2D eigenvalue weighted by molar-refractivity contribution is 7.10. The molecule has 0 bridgehead atoms. The first kappa shape index (κ1) is 15.7. The number of fused-ring (bicyclic) bond motifs is 1. The smallest absolute Gasteiger partial charge is 0.244 e. The summed E-state index contributed by atoms with van der Waals surface area (Å²) in [6.07, 6.45) is 3.12. The van der Waals surface area contributed by atoms with Crippen LogP contribution in [-0.4, -0.2) is 18.4 Å². The Labute approximate surface area is 140 Å². The molecule has 1 aromatic carbocycles. The van der Waals surface area contributed by atoms with Gasteiger partial charge in [-0.25, -0.2) is 0 Å². The van der Waals surface area contributed by atoms with Crippen LogP contribution in [0.4, 0.5) is 11.4 Å². The number of rotatable bonds is 4. The first-order valence-electron chi connectivity index (χ1n) is 7.93. The lowest BCUT2D eigenvalue weighted by molar-refractivity contribution is -0.121. The Bertz CT molecular complexity index is 723. The van der Waals surface area contributed by atoms with Crippen LogP contribution < -0.4 is 10.2 Å². The molecule has 5 heteroatoms. The third kappa shape index (κ3) is 3.45. The molecule has 120 valence electrons. The average molecular weight is 328 g/mol. The van der Waals surface area contributed by atoms with Gasteiger partial charge < -0.3 is 10.2 Å². The molecule has 0 atom stereocenters. The van der Waals surface area contributed by atoms with Gasteiger partial charge in [-0.15, -0.1) is 11.3 Å². The number of hydrogen-bond acceptors (Lipinski definition) is 3. The molecule has 0 saturated carbocycles. The highest BCUT2D eigenvalue weighted by Crippen LogP contribution is 2.31. The van der Waals surface area contributed by atoms with Crippen molar-refractivity contribution >= 4 is 34.5 Å². The van der Waals surface area contributed by atoms with Crippen LogP contribution >= 0.6 is 11.3 Å². The van der Waals surface area contributed by atoms with Gasteiger partial charge in [-0.05, 0) is 42.3 Å². The fourth-order valence-electron chi connectivity index (χ4n) is 2.89. The number of hydrogen-bond donors (Lipinski definition) is 1. The summed E-state index contributed by atoms with van der Waals surface area (Å²) in [5.41, 5.74) is 2.82. The maximum atomic E-state index is 12.4. The van der Waals surface area contributed by atoms with Crippen molar-refractivity contribution in [1.82, 2.24) is 0 Å². The zero-order valence-corrected chi connectivity index (χ0v) is 14.0. The van der Waals surface area contributed by atoms with Crippen LogP contribution in [0.2, 0.25) is 0 Å². The van der Waals surface area contributed by atoms with Gasteiger partial charge in [0, 0.05) is 17.0 Å². The summed E-state index contributed by atoms with van der Waals surface area (Å²) in [7, 11) is 0. The molecular formula is C18H20N2O2S. The number of carbonyl (C=O) groups excluding carboxylic acids is 2. The molecule has 2 heterocycles. The number of carbonyl (C=O) groups is 2. The van der Waals surface area contributed by atoms with Gasteiger partial charge in [-0.1, -0.05) is 25.1 Å². The molecule has 23 heavy (non-hydrogen) atoms. The van der Waals surface area contributed by atoms with Crippen molar-refractivity contribution in [2.24, 2.45) is 0 Å². The number of thiophene rings is 1. The number of nitrogens with zero attached hydrogens (tertiary/aromatic N) is 1. The zero-order valence-electron chi connectivity index (χ0n) is 13.2. The highest BCUT2D eigenvalue weighted by Gasteiger charge is 2.25.